The molecule has 0 fully saturated rings. The number of rotatable bonds is 8. The molecule has 0 aromatic heterocycles. The number of amides is 1. The summed E-state index contributed by atoms with van der Waals surface area (Å²) in [7, 11) is 0. The van der Waals surface area contributed by atoms with Gasteiger partial charge in [0.05, 0.1) is 24.8 Å². The van der Waals surface area contributed by atoms with Crippen molar-refractivity contribution in [1.82, 2.24) is 5.32 Å². The summed E-state index contributed by atoms with van der Waals surface area (Å²) < 4.78 is 17.1. The van der Waals surface area contributed by atoms with Gasteiger partial charge in [-0.1, -0.05) is 36.7 Å². The van der Waals surface area contributed by atoms with Crippen molar-refractivity contribution < 1.29 is 19.0 Å². The van der Waals surface area contributed by atoms with Crippen LogP contribution in [0.25, 0.3) is 0 Å². The molecule has 0 saturated carbocycles. The normalized spacial score (nSPS) is 15.3. The Balaban J connectivity index is 1.65. The lowest BCUT2D eigenvalue weighted by molar-refractivity contribution is 0.0938. The van der Waals surface area contributed by atoms with Crippen LogP contribution in [0.1, 0.15) is 36.2 Å². The molecule has 5 nitrogen and oxygen atoms in total. The largest absolute Gasteiger partial charge is 0.493 e. The van der Waals surface area contributed by atoms with Crippen molar-refractivity contribution in [3.8, 4) is 17.2 Å². The van der Waals surface area contributed by atoms with Crippen molar-refractivity contribution in [1.29, 1.82) is 0 Å². The maximum atomic E-state index is 12.7. The van der Waals surface area contributed by atoms with Gasteiger partial charge in [-0.15, -0.1) is 0 Å². The minimum absolute atomic E-state index is 0.191. The number of carbonyl (C=O) groups is 1. The molecule has 28 heavy (non-hydrogen) atoms. The van der Waals surface area contributed by atoms with Gasteiger partial charge in [0, 0.05) is 18.0 Å². The summed E-state index contributed by atoms with van der Waals surface area (Å²) in [5, 5.41) is 3.36. The molecule has 150 valence electrons. The molecular weight excluding hydrogens is 378 g/mol. The summed E-state index contributed by atoms with van der Waals surface area (Å²) >= 11 is 6.35. The first-order chi connectivity index (χ1) is 13.6. The molecule has 0 spiro atoms. The highest BCUT2D eigenvalue weighted by Gasteiger charge is 2.21. The van der Waals surface area contributed by atoms with Gasteiger partial charge in [0.2, 0.25) is 0 Å². The third kappa shape index (κ3) is 4.90. The van der Waals surface area contributed by atoms with Gasteiger partial charge >= 0.3 is 0 Å². The number of benzene rings is 2. The zero-order valence-corrected chi connectivity index (χ0v) is 17.1. The van der Waals surface area contributed by atoms with Gasteiger partial charge in [0.15, 0.2) is 11.5 Å². The minimum Gasteiger partial charge on any atom is -0.493 e. The van der Waals surface area contributed by atoms with Crippen LogP contribution in [0.3, 0.4) is 0 Å². The van der Waals surface area contributed by atoms with E-state index in [1.165, 1.54) is 5.56 Å². The van der Waals surface area contributed by atoms with Crippen molar-refractivity contribution in [3.05, 3.63) is 52.5 Å². The second-order valence-corrected chi connectivity index (χ2v) is 7.17. The Bertz CT molecular complexity index is 824. The Morgan fingerprint density at radius 2 is 2.07 bits per heavy atom. The van der Waals surface area contributed by atoms with Crippen molar-refractivity contribution in [2.45, 2.75) is 26.7 Å². The highest BCUT2D eigenvalue weighted by molar-refractivity contribution is 6.32. The van der Waals surface area contributed by atoms with Crippen LogP contribution < -0.4 is 19.5 Å². The van der Waals surface area contributed by atoms with E-state index in [9.17, 15) is 4.79 Å². The Kier molecular flexibility index (Phi) is 7.04. The van der Waals surface area contributed by atoms with E-state index < -0.39 is 0 Å². The molecule has 0 bridgehead atoms. The van der Waals surface area contributed by atoms with E-state index in [1.54, 1.807) is 12.1 Å². The number of ether oxygens (including phenoxy) is 3. The molecule has 6 heteroatoms. The quantitative estimate of drug-likeness (QED) is 0.704. The van der Waals surface area contributed by atoms with E-state index in [2.05, 4.69) is 11.4 Å². The Labute approximate surface area is 170 Å². The third-order valence-corrected chi connectivity index (χ3v) is 4.81. The molecule has 3 rings (SSSR count). The first-order valence-electron chi connectivity index (χ1n) is 9.70. The van der Waals surface area contributed by atoms with Gasteiger partial charge < -0.3 is 19.5 Å². The molecule has 1 aliphatic heterocycles. The average molecular weight is 404 g/mol. The van der Waals surface area contributed by atoms with Crippen molar-refractivity contribution >= 4 is 17.5 Å². The highest BCUT2D eigenvalue weighted by Crippen LogP contribution is 2.37. The van der Waals surface area contributed by atoms with E-state index in [4.69, 9.17) is 25.8 Å². The first-order valence-corrected chi connectivity index (χ1v) is 10.1. The molecule has 1 atom stereocenters. The van der Waals surface area contributed by atoms with Crippen molar-refractivity contribution in [3.63, 3.8) is 0 Å². The monoisotopic (exact) mass is 403 g/mol. The van der Waals surface area contributed by atoms with E-state index >= 15 is 0 Å². The first kappa shape index (κ1) is 20.3. The number of nitrogens with one attached hydrogen (secondary N) is 1. The second-order valence-electron chi connectivity index (χ2n) is 6.77. The standard InChI is InChI=1S/C22H26ClNO4/c1-3-9-27-21-18(23)11-17(12-20(21)26-4-2)22(25)24-13-15-10-16-7-5-6-8-19(16)28-14-15/h5-8,11-12,15H,3-4,9-10,13-14H2,1-2H3,(H,24,25). The number of hydrogen-bond acceptors (Lipinski definition) is 4. The van der Waals surface area contributed by atoms with Crippen LogP contribution in [0.5, 0.6) is 17.2 Å². The maximum Gasteiger partial charge on any atom is 0.251 e. The van der Waals surface area contributed by atoms with Crippen molar-refractivity contribution in [2.24, 2.45) is 5.92 Å². The Morgan fingerprint density at radius 3 is 2.86 bits per heavy atom. The van der Waals surface area contributed by atoms with Crippen LogP contribution >= 0.6 is 11.6 Å². The highest BCUT2D eigenvalue weighted by atomic mass is 35.5. The number of fused-ring (bicyclic) bond motifs is 1. The summed E-state index contributed by atoms with van der Waals surface area (Å²) in [5.74, 6) is 1.94. The lowest BCUT2D eigenvalue weighted by Gasteiger charge is -2.25. The van der Waals surface area contributed by atoms with Crippen LogP contribution in [0.15, 0.2) is 36.4 Å². The minimum atomic E-state index is -0.191. The topological polar surface area (TPSA) is 56.8 Å². The molecule has 1 amide bonds. The molecular formula is C22H26ClNO4. The molecule has 1 unspecified atom stereocenters. The summed E-state index contributed by atoms with van der Waals surface area (Å²) in [5.41, 5.74) is 1.63. The fourth-order valence-electron chi connectivity index (χ4n) is 3.17. The molecule has 0 radical (unpaired) electrons. The molecule has 1 N–H and O–H groups in total. The van der Waals surface area contributed by atoms with Crippen molar-refractivity contribution in [2.75, 3.05) is 26.4 Å². The van der Waals surface area contributed by atoms with Gasteiger partial charge in [-0.05, 0) is 43.5 Å². The second kappa shape index (κ2) is 9.69. The third-order valence-electron chi connectivity index (χ3n) is 4.53. The maximum absolute atomic E-state index is 12.7. The zero-order chi connectivity index (χ0) is 19.9. The molecule has 0 saturated heterocycles. The number of halogens is 1. The van der Waals surface area contributed by atoms with Crippen LogP contribution in [0.2, 0.25) is 5.02 Å². The molecule has 2 aromatic rings. The Morgan fingerprint density at radius 1 is 1.25 bits per heavy atom. The molecule has 0 aliphatic carbocycles. The number of hydrogen-bond donors (Lipinski definition) is 1. The summed E-state index contributed by atoms with van der Waals surface area (Å²) in [6, 6.07) is 11.3. The SMILES string of the molecule is CCCOc1c(Cl)cc(C(=O)NCC2COc3ccccc3C2)cc1OCC. The predicted octanol–water partition coefficient (Wildman–Crippen LogP) is 4.51. The summed E-state index contributed by atoms with van der Waals surface area (Å²) in [6.45, 7) is 6.01. The lowest BCUT2D eigenvalue weighted by Crippen LogP contribution is -2.34. The van der Waals surface area contributed by atoms with Gasteiger partial charge in [-0.2, -0.15) is 0 Å². The van der Waals surface area contributed by atoms with Gasteiger partial charge in [-0.25, -0.2) is 0 Å². The van der Waals surface area contributed by atoms with E-state index in [1.807, 2.05) is 32.0 Å². The fourth-order valence-corrected chi connectivity index (χ4v) is 3.43. The van der Waals surface area contributed by atoms with Gasteiger partial charge in [0.25, 0.3) is 5.91 Å². The lowest BCUT2D eigenvalue weighted by atomic mass is 9.96. The van der Waals surface area contributed by atoms with Crippen LogP contribution in [0.4, 0.5) is 0 Å². The predicted molar refractivity (Wildman–Crippen MR) is 110 cm³/mol. The van der Waals surface area contributed by atoms with E-state index in [0.29, 0.717) is 48.5 Å². The number of carbonyl (C=O) groups excluding carboxylic acids is 1. The average Bonchev–Trinajstić information content (AvgIpc) is 2.71. The molecule has 1 aliphatic rings. The Hall–Kier alpha value is -2.40. The number of para-hydroxylation sites is 1. The summed E-state index contributed by atoms with van der Waals surface area (Å²) in [6.07, 6.45) is 1.74. The van der Waals surface area contributed by atoms with E-state index in [0.717, 1.165) is 18.6 Å². The van der Waals surface area contributed by atoms with Gasteiger partial charge in [0.1, 0.15) is 5.75 Å². The fraction of sp³-hybridized carbons (Fsp3) is 0.409. The van der Waals surface area contributed by atoms with Gasteiger partial charge in [-0.3, -0.25) is 4.79 Å². The smallest absolute Gasteiger partial charge is 0.251 e. The molecule has 2 aromatic carbocycles. The van der Waals surface area contributed by atoms with Crippen LogP contribution in [0, 0.1) is 5.92 Å². The zero-order valence-electron chi connectivity index (χ0n) is 16.3. The molecule has 1 heterocycles. The van der Waals surface area contributed by atoms with Crippen LogP contribution in [-0.4, -0.2) is 32.3 Å². The van der Waals surface area contributed by atoms with E-state index in [-0.39, 0.29) is 11.8 Å². The summed E-state index contributed by atoms with van der Waals surface area (Å²) in [4.78, 5) is 12.7. The van der Waals surface area contributed by atoms with Crippen LogP contribution in [-0.2, 0) is 6.42 Å².